The molecule has 4 heteroatoms. The summed E-state index contributed by atoms with van der Waals surface area (Å²) in [6, 6.07) is 18.0. The van der Waals surface area contributed by atoms with E-state index < -0.39 is 0 Å². The Labute approximate surface area is 121 Å². The van der Waals surface area contributed by atoms with Gasteiger partial charge < -0.3 is 0 Å². The number of hydrogen-bond donors (Lipinski definition) is 0. The Kier molecular flexibility index (Phi) is 2.71. The summed E-state index contributed by atoms with van der Waals surface area (Å²) in [6.07, 6.45) is 5.34. The monoisotopic (exact) mass is 272 g/mol. The Morgan fingerprint density at radius 3 is 2.33 bits per heavy atom. The molecule has 0 amide bonds. The molecule has 1 aromatic carbocycles. The second-order valence-corrected chi connectivity index (χ2v) is 4.70. The van der Waals surface area contributed by atoms with E-state index in [-0.39, 0.29) is 0 Å². The number of benzene rings is 1. The van der Waals surface area contributed by atoms with E-state index >= 15 is 0 Å². The fourth-order valence-electron chi connectivity index (χ4n) is 2.45. The van der Waals surface area contributed by atoms with Crippen molar-refractivity contribution in [3.8, 4) is 22.5 Å². The second kappa shape index (κ2) is 4.83. The highest BCUT2D eigenvalue weighted by Gasteiger charge is 2.16. The van der Waals surface area contributed by atoms with Crippen molar-refractivity contribution in [1.29, 1.82) is 0 Å². The van der Waals surface area contributed by atoms with Gasteiger partial charge in [-0.05, 0) is 24.3 Å². The summed E-state index contributed by atoms with van der Waals surface area (Å²) in [4.78, 5) is 8.83. The van der Waals surface area contributed by atoms with Crippen LogP contribution in [-0.4, -0.2) is 19.6 Å². The normalized spacial score (nSPS) is 10.9. The van der Waals surface area contributed by atoms with Crippen LogP contribution in [0.2, 0.25) is 0 Å². The van der Waals surface area contributed by atoms with Gasteiger partial charge in [-0.25, -0.2) is 9.50 Å². The van der Waals surface area contributed by atoms with Crippen LogP contribution in [0.3, 0.4) is 0 Å². The smallest absolute Gasteiger partial charge is 0.154 e. The number of nitrogens with zero attached hydrogens (tertiary/aromatic N) is 4. The molecule has 0 unspecified atom stereocenters. The molecule has 0 bridgehead atoms. The van der Waals surface area contributed by atoms with Crippen LogP contribution < -0.4 is 0 Å². The van der Waals surface area contributed by atoms with Crippen molar-refractivity contribution >= 4 is 5.65 Å². The summed E-state index contributed by atoms with van der Waals surface area (Å²) in [5, 5.41) is 4.44. The molecule has 0 saturated carbocycles. The molecule has 4 nitrogen and oxygen atoms in total. The molecule has 0 spiro atoms. The van der Waals surface area contributed by atoms with Crippen LogP contribution in [-0.2, 0) is 0 Å². The molecule has 3 aromatic heterocycles. The topological polar surface area (TPSA) is 43.1 Å². The zero-order chi connectivity index (χ0) is 14.1. The first kappa shape index (κ1) is 11.8. The molecule has 0 aliphatic carbocycles. The first-order valence-electron chi connectivity index (χ1n) is 6.73. The Morgan fingerprint density at radius 2 is 1.52 bits per heavy atom. The minimum absolute atomic E-state index is 0.836. The summed E-state index contributed by atoms with van der Waals surface area (Å²) in [7, 11) is 0. The lowest BCUT2D eigenvalue weighted by atomic mass is 10.1. The fourth-order valence-corrected chi connectivity index (χ4v) is 2.45. The molecule has 0 radical (unpaired) electrons. The van der Waals surface area contributed by atoms with E-state index in [1.807, 2.05) is 47.0 Å². The van der Waals surface area contributed by atoms with Crippen LogP contribution in [0.25, 0.3) is 28.2 Å². The van der Waals surface area contributed by atoms with Crippen LogP contribution in [0.15, 0.2) is 73.2 Å². The first-order valence-corrected chi connectivity index (χ1v) is 6.73. The zero-order valence-corrected chi connectivity index (χ0v) is 11.2. The quantitative estimate of drug-likeness (QED) is 0.561. The summed E-state index contributed by atoms with van der Waals surface area (Å²) in [5.41, 5.74) is 4.88. The molecule has 100 valence electrons. The van der Waals surface area contributed by atoms with E-state index in [2.05, 4.69) is 22.2 Å². The number of fused-ring (bicyclic) bond motifs is 1. The SMILES string of the molecule is c1ccc(-c2nc3cccnn3c2-c2ccncc2)cc1. The fraction of sp³-hybridized carbons (Fsp3) is 0. The number of rotatable bonds is 2. The molecule has 0 N–H and O–H groups in total. The lowest BCUT2D eigenvalue weighted by Gasteiger charge is -2.04. The van der Waals surface area contributed by atoms with Crippen molar-refractivity contribution in [1.82, 2.24) is 19.6 Å². The minimum Gasteiger partial charge on any atom is -0.265 e. The first-order chi connectivity index (χ1) is 10.4. The van der Waals surface area contributed by atoms with Crippen LogP contribution >= 0.6 is 0 Å². The average molecular weight is 272 g/mol. The van der Waals surface area contributed by atoms with Gasteiger partial charge >= 0.3 is 0 Å². The highest BCUT2D eigenvalue weighted by Crippen LogP contribution is 2.31. The van der Waals surface area contributed by atoms with E-state index in [1.54, 1.807) is 18.6 Å². The van der Waals surface area contributed by atoms with Gasteiger partial charge in [0.15, 0.2) is 5.65 Å². The highest BCUT2D eigenvalue weighted by molar-refractivity contribution is 5.81. The third-order valence-electron chi connectivity index (χ3n) is 3.39. The molecule has 4 aromatic rings. The van der Waals surface area contributed by atoms with Crippen molar-refractivity contribution in [2.24, 2.45) is 0 Å². The molecule has 0 fully saturated rings. The van der Waals surface area contributed by atoms with Gasteiger partial charge in [-0.1, -0.05) is 30.3 Å². The van der Waals surface area contributed by atoms with E-state index in [9.17, 15) is 0 Å². The van der Waals surface area contributed by atoms with E-state index in [1.165, 1.54) is 0 Å². The lowest BCUT2D eigenvalue weighted by molar-refractivity contribution is 0.942. The summed E-state index contributed by atoms with van der Waals surface area (Å²) >= 11 is 0. The summed E-state index contributed by atoms with van der Waals surface area (Å²) < 4.78 is 1.87. The third kappa shape index (κ3) is 1.97. The predicted octanol–water partition coefficient (Wildman–Crippen LogP) is 3.46. The maximum atomic E-state index is 4.74. The highest BCUT2D eigenvalue weighted by atomic mass is 15.3. The van der Waals surface area contributed by atoms with Gasteiger partial charge in [0.05, 0.1) is 5.69 Å². The van der Waals surface area contributed by atoms with Gasteiger partial charge in [0, 0.05) is 29.7 Å². The number of imidazole rings is 1. The van der Waals surface area contributed by atoms with Crippen molar-refractivity contribution < 1.29 is 0 Å². The largest absolute Gasteiger partial charge is 0.265 e. The average Bonchev–Trinajstić information content (AvgIpc) is 2.96. The van der Waals surface area contributed by atoms with Crippen molar-refractivity contribution in [3.05, 3.63) is 73.2 Å². The molecule has 21 heavy (non-hydrogen) atoms. The van der Waals surface area contributed by atoms with Gasteiger partial charge in [-0.3, -0.25) is 4.98 Å². The van der Waals surface area contributed by atoms with Gasteiger partial charge in [0.2, 0.25) is 0 Å². The Morgan fingerprint density at radius 1 is 0.714 bits per heavy atom. The molecular weight excluding hydrogens is 260 g/mol. The Balaban J connectivity index is 2.07. The van der Waals surface area contributed by atoms with E-state index in [4.69, 9.17) is 4.98 Å². The third-order valence-corrected chi connectivity index (χ3v) is 3.39. The van der Waals surface area contributed by atoms with Crippen LogP contribution in [0.4, 0.5) is 0 Å². The van der Waals surface area contributed by atoms with E-state index in [0.717, 1.165) is 28.2 Å². The van der Waals surface area contributed by atoms with Crippen LogP contribution in [0.1, 0.15) is 0 Å². The molecule has 0 aliphatic rings. The van der Waals surface area contributed by atoms with Gasteiger partial charge in [-0.15, -0.1) is 0 Å². The summed E-state index contributed by atoms with van der Waals surface area (Å²) in [5.74, 6) is 0. The van der Waals surface area contributed by atoms with Gasteiger partial charge in [0.1, 0.15) is 5.69 Å². The molecule has 3 heterocycles. The molecule has 4 rings (SSSR count). The Bertz CT molecular complexity index is 882. The Hall–Kier alpha value is -3.01. The summed E-state index contributed by atoms with van der Waals surface area (Å²) in [6.45, 7) is 0. The molecule has 0 saturated heterocycles. The minimum atomic E-state index is 0.836. The zero-order valence-electron chi connectivity index (χ0n) is 11.2. The standard InChI is InChI=1S/C17H12N4/c1-2-5-13(6-3-1)16-17(14-8-11-18-12-9-14)21-15(20-16)7-4-10-19-21/h1-12H. The molecule has 0 atom stereocenters. The maximum absolute atomic E-state index is 4.74. The molecular formula is C17H12N4. The van der Waals surface area contributed by atoms with E-state index in [0.29, 0.717) is 0 Å². The molecule has 0 aliphatic heterocycles. The van der Waals surface area contributed by atoms with Crippen molar-refractivity contribution in [2.45, 2.75) is 0 Å². The van der Waals surface area contributed by atoms with Crippen molar-refractivity contribution in [2.75, 3.05) is 0 Å². The number of aromatic nitrogens is 4. The maximum Gasteiger partial charge on any atom is 0.154 e. The number of hydrogen-bond acceptors (Lipinski definition) is 3. The van der Waals surface area contributed by atoms with Crippen LogP contribution in [0.5, 0.6) is 0 Å². The van der Waals surface area contributed by atoms with Gasteiger partial charge in [-0.2, -0.15) is 5.10 Å². The van der Waals surface area contributed by atoms with Crippen molar-refractivity contribution in [3.63, 3.8) is 0 Å². The van der Waals surface area contributed by atoms with Crippen LogP contribution in [0, 0.1) is 0 Å². The van der Waals surface area contributed by atoms with Gasteiger partial charge in [0.25, 0.3) is 0 Å². The predicted molar refractivity (Wildman–Crippen MR) is 81.7 cm³/mol. The number of pyridine rings is 1. The second-order valence-electron chi connectivity index (χ2n) is 4.70. The lowest BCUT2D eigenvalue weighted by Crippen LogP contribution is -1.93.